The van der Waals surface area contributed by atoms with Crippen molar-refractivity contribution in [2.75, 3.05) is 7.11 Å². The summed E-state index contributed by atoms with van der Waals surface area (Å²) in [7, 11) is 1.68. The van der Waals surface area contributed by atoms with Crippen LogP contribution in [0, 0.1) is 0 Å². The zero-order chi connectivity index (χ0) is 11.7. The van der Waals surface area contributed by atoms with Gasteiger partial charge in [0.1, 0.15) is 5.82 Å². The van der Waals surface area contributed by atoms with Crippen molar-refractivity contribution < 1.29 is 4.74 Å². The van der Waals surface area contributed by atoms with Crippen LogP contribution in [-0.4, -0.2) is 16.5 Å². The molecule has 3 heterocycles. The third kappa shape index (κ3) is 1.80. The summed E-state index contributed by atoms with van der Waals surface area (Å²) >= 11 is 1.75. The maximum absolute atomic E-state index is 5.37. The van der Waals surface area contributed by atoms with Crippen molar-refractivity contribution in [1.82, 2.24) is 9.38 Å². The van der Waals surface area contributed by atoms with Crippen molar-refractivity contribution in [3.8, 4) is 5.88 Å². The third-order valence-corrected chi connectivity index (χ3v) is 3.59. The fourth-order valence-corrected chi connectivity index (χ4v) is 2.64. The Kier molecular flexibility index (Phi) is 2.57. The average molecular weight is 244 g/mol. The number of imidazole rings is 1. The predicted octanol–water partition coefficient (Wildman–Crippen LogP) is 3.00. The van der Waals surface area contributed by atoms with Crippen LogP contribution in [0.25, 0.3) is 5.52 Å². The SMILES string of the molecule is COc1cccc2cnc(Cc3cccs3)n12. The Balaban J connectivity index is 2.10. The minimum absolute atomic E-state index is 0.826. The number of hydrogen-bond donors (Lipinski definition) is 0. The molecule has 4 heteroatoms. The molecule has 3 aromatic heterocycles. The van der Waals surface area contributed by atoms with E-state index in [0.717, 1.165) is 23.6 Å². The second kappa shape index (κ2) is 4.22. The van der Waals surface area contributed by atoms with Gasteiger partial charge in [-0.3, -0.25) is 4.40 Å². The van der Waals surface area contributed by atoms with Gasteiger partial charge in [-0.1, -0.05) is 12.1 Å². The lowest BCUT2D eigenvalue weighted by molar-refractivity contribution is 0.390. The van der Waals surface area contributed by atoms with E-state index in [0.29, 0.717) is 0 Å². The Morgan fingerprint density at radius 1 is 1.29 bits per heavy atom. The van der Waals surface area contributed by atoms with Gasteiger partial charge in [0.05, 0.1) is 18.8 Å². The van der Waals surface area contributed by atoms with Crippen LogP contribution in [0.1, 0.15) is 10.7 Å². The van der Waals surface area contributed by atoms with Gasteiger partial charge in [0.2, 0.25) is 0 Å². The van der Waals surface area contributed by atoms with Crippen molar-refractivity contribution in [3.05, 3.63) is 52.6 Å². The number of rotatable bonds is 3. The van der Waals surface area contributed by atoms with Gasteiger partial charge in [-0.05, 0) is 23.6 Å². The Labute approximate surface area is 103 Å². The van der Waals surface area contributed by atoms with E-state index >= 15 is 0 Å². The van der Waals surface area contributed by atoms with E-state index in [2.05, 4.69) is 26.9 Å². The van der Waals surface area contributed by atoms with Crippen LogP contribution in [0.2, 0.25) is 0 Å². The fraction of sp³-hybridized carbons (Fsp3) is 0.154. The molecular formula is C13H12N2OS. The monoisotopic (exact) mass is 244 g/mol. The second-order valence-electron chi connectivity index (χ2n) is 3.76. The summed E-state index contributed by atoms with van der Waals surface area (Å²) in [6, 6.07) is 10.2. The van der Waals surface area contributed by atoms with Gasteiger partial charge >= 0.3 is 0 Å². The molecule has 0 spiro atoms. The maximum Gasteiger partial charge on any atom is 0.199 e. The number of pyridine rings is 1. The predicted molar refractivity (Wildman–Crippen MR) is 68.9 cm³/mol. The molecular weight excluding hydrogens is 232 g/mol. The van der Waals surface area contributed by atoms with E-state index in [1.54, 1.807) is 18.4 Å². The Morgan fingerprint density at radius 3 is 3.00 bits per heavy atom. The summed E-state index contributed by atoms with van der Waals surface area (Å²) in [5.41, 5.74) is 1.07. The number of nitrogens with zero attached hydrogens (tertiary/aromatic N) is 2. The molecule has 0 radical (unpaired) electrons. The number of hydrogen-bond acceptors (Lipinski definition) is 3. The average Bonchev–Trinajstić information content (AvgIpc) is 2.99. The highest BCUT2D eigenvalue weighted by molar-refractivity contribution is 7.09. The van der Waals surface area contributed by atoms with Gasteiger partial charge in [-0.2, -0.15) is 0 Å². The van der Waals surface area contributed by atoms with Crippen LogP contribution >= 0.6 is 11.3 Å². The molecule has 0 bridgehead atoms. The van der Waals surface area contributed by atoms with Crippen LogP contribution in [0.3, 0.4) is 0 Å². The van der Waals surface area contributed by atoms with Gasteiger partial charge in [0.25, 0.3) is 0 Å². The number of aromatic nitrogens is 2. The molecule has 0 fully saturated rings. The number of fused-ring (bicyclic) bond motifs is 1. The maximum atomic E-state index is 5.37. The van der Waals surface area contributed by atoms with E-state index < -0.39 is 0 Å². The van der Waals surface area contributed by atoms with Crippen LogP contribution in [0.15, 0.2) is 41.9 Å². The van der Waals surface area contributed by atoms with Crippen LogP contribution in [0.4, 0.5) is 0 Å². The number of ether oxygens (including phenoxy) is 1. The summed E-state index contributed by atoms with van der Waals surface area (Å²) in [6.45, 7) is 0. The molecule has 3 rings (SSSR count). The first-order valence-electron chi connectivity index (χ1n) is 5.40. The molecule has 0 aromatic carbocycles. The van der Waals surface area contributed by atoms with Gasteiger partial charge < -0.3 is 4.74 Å². The lowest BCUT2D eigenvalue weighted by Crippen LogP contribution is -1.99. The molecule has 17 heavy (non-hydrogen) atoms. The molecule has 0 unspecified atom stereocenters. The molecule has 0 amide bonds. The molecule has 0 aliphatic rings. The smallest absolute Gasteiger partial charge is 0.199 e. The molecule has 0 aliphatic carbocycles. The largest absolute Gasteiger partial charge is 0.482 e. The van der Waals surface area contributed by atoms with Gasteiger partial charge in [-0.15, -0.1) is 11.3 Å². The minimum atomic E-state index is 0.826. The summed E-state index contributed by atoms with van der Waals surface area (Å²) < 4.78 is 7.43. The van der Waals surface area contributed by atoms with Gasteiger partial charge in [0, 0.05) is 11.3 Å². The summed E-state index contributed by atoms with van der Waals surface area (Å²) in [6.07, 6.45) is 2.72. The lowest BCUT2D eigenvalue weighted by atomic mass is 10.3. The highest BCUT2D eigenvalue weighted by Gasteiger charge is 2.08. The Bertz CT molecular complexity index is 628. The van der Waals surface area contributed by atoms with Gasteiger partial charge in [0.15, 0.2) is 5.88 Å². The molecule has 0 aliphatic heterocycles. The molecule has 0 N–H and O–H groups in total. The zero-order valence-electron chi connectivity index (χ0n) is 9.46. The third-order valence-electron chi connectivity index (χ3n) is 2.71. The van der Waals surface area contributed by atoms with Crippen LogP contribution < -0.4 is 4.74 Å². The quantitative estimate of drug-likeness (QED) is 0.708. The lowest BCUT2D eigenvalue weighted by Gasteiger charge is -2.06. The zero-order valence-corrected chi connectivity index (χ0v) is 10.3. The Hall–Kier alpha value is -1.81. The standard InChI is InChI=1S/C13H12N2OS/c1-16-13-6-2-4-10-9-14-12(15(10)13)8-11-5-3-7-17-11/h2-7,9H,8H2,1H3. The highest BCUT2D eigenvalue weighted by atomic mass is 32.1. The van der Waals surface area contributed by atoms with E-state index in [-0.39, 0.29) is 0 Å². The van der Waals surface area contributed by atoms with E-state index in [1.807, 2.05) is 24.4 Å². The van der Waals surface area contributed by atoms with Crippen molar-refractivity contribution in [2.45, 2.75) is 6.42 Å². The minimum Gasteiger partial charge on any atom is -0.482 e. The van der Waals surface area contributed by atoms with Gasteiger partial charge in [-0.25, -0.2) is 4.98 Å². The summed E-state index contributed by atoms with van der Waals surface area (Å²) in [4.78, 5) is 5.78. The topological polar surface area (TPSA) is 26.5 Å². The first-order valence-corrected chi connectivity index (χ1v) is 6.28. The van der Waals surface area contributed by atoms with E-state index in [4.69, 9.17) is 4.74 Å². The first-order chi connectivity index (χ1) is 8.38. The Morgan fingerprint density at radius 2 is 2.24 bits per heavy atom. The number of thiophene rings is 1. The van der Waals surface area contributed by atoms with Crippen molar-refractivity contribution in [1.29, 1.82) is 0 Å². The van der Waals surface area contributed by atoms with Crippen molar-refractivity contribution >= 4 is 16.9 Å². The van der Waals surface area contributed by atoms with Crippen LogP contribution in [-0.2, 0) is 6.42 Å². The summed E-state index contributed by atoms with van der Waals surface area (Å²) in [5.74, 6) is 1.84. The van der Waals surface area contributed by atoms with E-state index in [1.165, 1.54) is 4.88 Å². The first kappa shape index (κ1) is 10.4. The molecule has 86 valence electrons. The van der Waals surface area contributed by atoms with Crippen molar-refractivity contribution in [3.63, 3.8) is 0 Å². The second-order valence-corrected chi connectivity index (χ2v) is 4.79. The summed E-state index contributed by atoms with van der Waals surface area (Å²) in [5, 5.41) is 2.09. The van der Waals surface area contributed by atoms with Crippen molar-refractivity contribution in [2.24, 2.45) is 0 Å². The molecule has 0 saturated carbocycles. The highest BCUT2D eigenvalue weighted by Crippen LogP contribution is 2.20. The molecule has 3 nitrogen and oxygen atoms in total. The van der Waals surface area contributed by atoms with E-state index in [9.17, 15) is 0 Å². The molecule has 0 saturated heterocycles. The normalized spacial score (nSPS) is 10.9. The molecule has 3 aromatic rings. The molecule has 0 atom stereocenters. The number of methoxy groups -OCH3 is 1. The van der Waals surface area contributed by atoms with Crippen LogP contribution in [0.5, 0.6) is 5.88 Å². The fourth-order valence-electron chi connectivity index (χ4n) is 1.93.